The van der Waals surface area contributed by atoms with Gasteiger partial charge in [-0.2, -0.15) is 0 Å². The number of para-hydroxylation sites is 1. The maximum atomic E-state index is 10.9. The molecule has 0 aliphatic carbocycles. The minimum absolute atomic E-state index is 0.165. The Bertz CT molecular complexity index is 1370. The average molecular weight is 379 g/mol. The summed E-state index contributed by atoms with van der Waals surface area (Å²) in [5, 5.41) is 13.1. The predicted molar refractivity (Wildman–Crippen MR) is 120 cm³/mol. The van der Waals surface area contributed by atoms with Gasteiger partial charge in [0.25, 0.3) is 0 Å². The second-order valence-electron chi connectivity index (χ2n) is 7.35. The molecule has 4 nitrogen and oxygen atoms in total. The topological polar surface area (TPSA) is 64.2 Å². The highest BCUT2D eigenvalue weighted by molar-refractivity contribution is 6.06. The summed E-state index contributed by atoms with van der Waals surface area (Å²) in [6, 6.07) is 20.1. The fourth-order valence-corrected chi connectivity index (χ4v) is 3.99. The number of aromatic nitrogens is 2. The van der Waals surface area contributed by atoms with Crippen molar-refractivity contribution in [2.24, 2.45) is 4.99 Å². The number of aromatic hydroxyl groups is 1. The summed E-state index contributed by atoms with van der Waals surface area (Å²) in [6.45, 7) is 4.18. The van der Waals surface area contributed by atoms with E-state index in [0.29, 0.717) is 11.2 Å². The van der Waals surface area contributed by atoms with Crippen LogP contribution in [-0.4, -0.2) is 21.3 Å². The van der Waals surface area contributed by atoms with Crippen molar-refractivity contribution in [1.29, 1.82) is 0 Å². The van der Waals surface area contributed by atoms with E-state index in [1.165, 1.54) is 10.9 Å². The third-order valence-corrected chi connectivity index (χ3v) is 5.49. The van der Waals surface area contributed by atoms with Crippen LogP contribution in [0.5, 0.6) is 5.75 Å². The Labute approximate surface area is 168 Å². The van der Waals surface area contributed by atoms with Crippen molar-refractivity contribution in [3.05, 3.63) is 83.6 Å². The maximum absolute atomic E-state index is 10.9. The van der Waals surface area contributed by atoms with Gasteiger partial charge in [0, 0.05) is 34.3 Å². The molecule has 0 fully saturated rings. The van der Waals surface area contributed by atoms with Crippen LogP contribution in [0, 0.1) is 13.8 Å². The van der Waals surface area contributed by atoms with Gasteiger partial charge in [-0.05, 0) is 42.7 Å². The number of rotatable bonds is 3. The lowest BCUT2D eigenvalue weighted by molar-refractivity contribution is 0.482. The molecule has 0 atom stereocenters. The first-order valence-electron chi connectivity index (χ1n) is 9.64. The van der Waals surface area contributed by atoms with Gasteiger partial charge >= 0.3 is 0 Å². The molecule has 4 heteroatoms. The first-order valence-corrected chi connectivity index (χ1v) is 9.64. The molecule has 0 aliphatic rings. The first-order chi connectivity index (χ1) is 14.1. The third kappa shape index (κ3) is 2.81. The van der Waals surface area contributed by atoms with Crippen LogP contribution in [0.25, 0.3) is 33.1 Å². The number of hydrogen-bond acceptors (Lipinski definition) is 2. The van der Waals surface area contributed by atoms with Crippen molar-refractivity contribution in [2.45, 2.75) is 13.8 Å². The highest BCUT2D eigenvalue weighted by Gasteiger charge is 2.19. The van der Waals surface area contributed by atoms with Gasteiger partial charge in [0.15, 0.2) is 5.75 Å². The van der Waals surface area contributed by atoms with Crippen molar-refractivity contribution in [2.75, 3.05) is 0 Å². The molecule has 142 valence electrons. The molecule has 0 aliphatic heterocycles. The zero-order valence-corrected chi connectivity index (χ0v) is 16.3. The monoisotopic (exact) mass is 379 g/mol. The van der Waals surface area contributed by atoms with Gasteiger partial charge < -0.3 is 15.1 Å². The van der Waals surface area contributed by atoms with Crippen molar-refractivity contribution in [3.8, 4) is 17.0 Å². The summed E-state index contributed by atoms with van der Waals surface area (Å²) in [6.07, 6.45) is 3.70. The molecule has 5 aromatic rings. The molecule has 2 heterocycles. The van der Waals surface area contributed by atoms with E-state index in [-0.39, 0.29) is 5.75 Å². The van der Waals surface area contributed by atoms with Crippen LogP contribution in [0.2, 0.25) is 0 Å². The van der Waals surface area contributed by atoms with Crippen LogP contribution in [0.1, 0.15) is 16.7 Å². The SMILES string of the molecule is Cc1c(-c2cc(N=Cc3ccccc3)c(O)c3[nH]cc(C)c23)[nH]c2ccccc12. The lowest BCUT2D eigenvalue weighted by atomic mass is 9.99. The molecular weight excluding hydrogens is 358 g/mol. The Morgan fingerprint density at radius 1 is 0.966 bits per heavy atom. The molecule has 2 aromatic heterocycles. The second kappa shape index (κ2) is 6.67. The van der Waals surface area contributed by atoms with E-state index in [2.05, 4.69) is 40.1 Å². The summed E-state index contributed by atoms with van der Waals surface area (Å²) in [5.74, 6) is 0.165. The van der Waals surface area contributed by atoms with Crippen LogP contribution >= 0.6 is 0 Å². The Kier molecular flexibility index (Phi) is 3.98. The van der Waals surface area contributed by atoms with Gasteiger partial charge in [0.05, 0.1) is 11.2 Å². The molecule has 0 amide bonds. The van der Waals surface area contributed by atoms with Gasteiger partial charge in [0.2, 0.25) is 0 Å². The van der Waals surface area contributed by atoms with E-state index < -0.39 is 0 Å². The molecule has 0 saturated heterocycles. The van der Waals surface area contributed by atoms with Crippen LogP contribution in [0.15, 0.2) is 71.9 Å². The predicted octanol–water partition coefficient (Wildman–Crippen LogP) is 6.39. The number of phenolic OH excluding ortho intramolecular Hbond substituents is 1. The number of phenols is 1. The number of hydrogen-bond donors (Lipinski definition) is 3. The number of aromatic amines is 2. The first kappa shape index (κ1) is 17.3. The summed E-state index contributed by atoms with van der Waals surface area (Å²) in [4.78, 5) is 11.4. The van der Waals surface area contributed by atoms with Gasteiger partial charge in [-0.3, -0.25) is 4.99 Å². The molecule has 0 saturated carbocycles. The fraction of sp³-hybridized carbons (Fsp3) is 0.0800. The van der Waals surface area contributed by atoms with Gasteiger partial charge in [0.1, 0.15) is 5.69 Å². The molecule has 29 heavy (non-hydrogen) atoms. The number of aryl methyl sites for hydroxylation is 2. The molecule has 5 rings (SSSR count). The Morgan fingerprint density at radius 3 is 2.52 bits per heavy atom. The lowest BCUT2D eigenvalue weighted by Crippen LogP contribution is -1.86. The van der Waals surface area contributed by atoms with Crippen molar-refractivity contribution in [1.82, 2.24) is 9.97 Å². The number of aliphatic imine (C=N–C) groups is 1. The zero-order valence-electron chi connectivity index (χ0n) is 16.3. The van der Waals surface area contributed by atoms with Crippen molar-refractivity contribution < 1.29 is 5.11 Å². The number of fused-ring (bicyclic) bond motifs is 2. The summed E-state index contributed by atoms with van der Waals surface area (Å²) >= 11 is 0. The van der Waals surface area contributed by atoms with E-state index in [0.717, 1.165) is 33.3 Å². The number of nitrogens with zero attached hydrogens (tertiary/aromatic N) is 1. The molecular formula is C25H21N3O. The molecule has 0 unspecified atom stereocenters. The minimum Gasteiger partial charge on any atom is -0.504 e. The molecule has 0 radical (unpaired) electrons. The fourth-order valence-electron chi connectivity index (χ4n) is 3.99. The Balaban J connectivity index is 1.76. The van der Waals surface area contributed by atoms with E-state index in [1.54, 1.807) is 6.21 Å². The third-order valence-electron chi connectivity index (χ3n) is 5.49. The number of H-pyrrole nitrogens is 2. The Hall–Kier alpha value is -3.79. The lowest BCUT2D eigenvalue weighted by Gasteiger charge is -2.09. The maximum Gasteiger partial charge on any atom is 0.165 e. The van der Waals surface area contributed by atoms with E-state index >= 15 is 0 Å². The van der Waals surface area contributed by atoms with Gasteiger partial charge in [-0.25, -0.2) is 0 Å². The summed E-state index contributed by atoms with van der Waals surface area (Å²) in [7, 11) is 0. The molecule has 3 aromatic carbocycles. The van der Waals surface area contributed by atoms with E-state index in [4.69, 9.17) is 0 Å². The minimum atomic E-state index is 0.165. The molecule has 3 N–H and O–H groups in total. The van der Waals surface area contributed by atoms with Crippen LogP contribution in [-0.2, 0) is 0 Å². The number of benzene rings is 3. The Morgan fingerprint density at radius 2 is 1.72 bits per heavy atom. The normalized spacial score (nSPS) is 11.8. The van der Waals surface area contributed by atoms with Crippen LogP contribution in [0.4, 0.5) is 5.69 Å². The van der Waals surface area contributed by atoms with E-state index in [1.807, 2.05) is 55.6 Å². The zero-order chi connectivity index (χ0) is 20.0. The van der Waals surface area contributed by atoms with Gasteiger partial charge in [-0.15, -0.1) is 0 Å². The second-order valence-corrected chi connectivity index (χ2v) is 7.35. The highest BCUT2D eigenvalue weighted by Crippen LogP contribution is 2.43. The standard InChI is InChI=1S/C25H21N3O/c1-15-13-27-24-22(15)19(23-16(2)18-10-6-7-11-20(18)28-23)12-21(25(24)29)26-14-17-8-4-3-5-9-17/h3-14,27-29H,1-2H3. The van der Waals surface area contributed by atoms with Crippen molar-refractivity contribution >= 4 is 33.7 Å². The van der Waals surface area contributed by atoms with Crippen LogP contribution in [0.3, 0.4) is 0 Å². The van der Waals surface area contributed by atoms with Crippen LogP contribution < -0.4 is 0 Å². The number of nitrogens with one attached hydrogen (secondary N) is 2. The van der Waals surface area contributed by atoms with Crippen molar-refractivity contribution in [3.63, 3.8) is 0 Å². The van der Waals surface area contributed by atoms with E-state index in [9.17, 15) is 5.11 Å². The van der Waals surface area contributed by atoms with Gasteiger partial charge in [-0.1, -0.05) is 48.5 Å². The quantitative estimate of drug-likeness (QED) is 0.312. The molecule has 0 bridgehead atoms. The highest BCUT2D eigenvalue weighted by atomic mass is 16.3. The summed E-state index contributed by atoms with van der Waals surface area (Å²) < 4.78 is 0. The smallest absolute Gasteiger partial charge is 0.165 e. The largest absolute Gasteiger partial charge is 0.504 e. The molecule has 0 spiro atoms. The summed E-state index contributed by atoms with van der Waals surface area (Å²) in [5.41, 5.74) is 7.69. The average Bonchev–Trinajstić information content (AvgIpc) is 3.30.